The van der Waals surface area contributed by atoms with E-state index in [1.54, 1.807) is 24.3 Å². The Labute approximate surface area is 229 Å². The molecule has 0 radical (unpaired) electrons. The van der Waals surface area contributed by atoms with Gasteiger partial charge in [0, 0.05) is 37.6 Å². The number of nitro benzene ring substituents is 1. The molecule has 4 unspecified atom stereocenters. The van der Waals surface area contributed by atoms with Gasteiger partial charge in [-0.15, -0.1) is 12.3 Å². The van der Waals surface area contributed by atoms with E-state index in [4.69, 9.17) is 11.2 Å². The molecule has 202 valence electrons. The van der Waals surface area contributed by atoms with Gasteiger partial charge >= 0.3 is 5.97 Å². The zero-order valence-electron chi connectivity index (χ0n) is 21.2. The van der Waals surface area contributed by atoms with E-state index in [9.17, 15) is 29.6 Å². The van der Waals surface area contributed by atoms with E-state index in [0.29, 0.717) is 22.6 Å². The van der Waals surface area contributed by atoms with E-state index >= 15 is 0 Å². The summed E-state index contributed by atoms with van der Waals surface area (Å²) in [5.74, 6) is -0.978. The lowest BCUT2D eigenvalue weighted by molar-refractivity contribution is -0.384. The Morgan fingerprint density at radius 2 is 1.68 bits per heavy atom. The van der Waals surface area contributed by atoms with Gasteiger partial charge in [-0.05, 0) is 35.4 Å². The number of carboxylic acid groups (broad SMARTS) is 1. The summed E-state index contributed by atoms with van der Waals surface area (Å²) >= 11 is 0. The summed E-state index contributed by atoms with van der Waals surface area (Å²) in [5, 5.41) is 24.8. The van der Waals surface area contributed by atoms with Gasteiger partial charge in [0.2, 0.25) is 11.8 Å². The van der Waals surface area contributed by atoms with Crippen molar-refractivity contribution in [2.45, 2.75) is 24.4 Å². The molecule has 0 spiro atoms. The normalized spacial score (nSPS) is 23.5. The molecule has 10 nitrogen and oxygen atoms in total. The molecule has 40 heavy (non-hydrogen) atoms. The summed E-state index contributed by atoms with van der Waals surface area (Å²) in [6, 6.07) is 20.8. The topological polar surface area (TPSA) is 139 Å². The third-order valence-corrected chi connectivity index (χ3v) is 7.46. The second-order valence-electron chi connectivity index (χ2n) is 9.77. The van der Waals surface area contributed by atoms with Crippen molar-refractivity contribution in [3.63, 3.8) is 0 Å². The van der Waals surface area contributed by atoms with Crippen LogP contribution in [-0.2, 0) is 20.8 Å². The highest BCUT2D eigenvalue weighted by atomic mass is 16.6. The first-order valence-corrected chi connectivity index (χ1v) is 12.6. The SMILES string of the molecule is C#CCCN1C(=O)C2C(c3ccc(Oc4ccccc4)cc3)NC(Cc3ccc([N+](=O)[O-])cc3)(C(=O)O)C2C1=O. The number of ether oxygens (including phenoxy) is 1. The van der Waals surface area contributed by atoms with Crippen molar-refractivity contribution in [3.8, 4) is 23.8 Å². The van der Waals surface area contributed by atoms with Gasteiger partial charge in [-0.2, -0.15) is 0 Å². The number of amides is 2. The Hall–Kier alpha value is -5.01. The first-order valence-electron chi connectivity index (χ1n) is 12.6. The number of rotatable bonds is 9. The zero-order valence-corrected chi connectivity index (χ0v) is 21.2. The molecule has 2 aliphatic heterocycles. The van der Waals surface area contributed by atoms with E-state index < -0.39 is 46.1 Å². The van der Waals surface area contributed by atoms with Crippen LogP contribution in [0.5, 0.6) is 11.5 Å². The summed E-state index contributed by atoms with van der Waals surface area (Å²) in [6.45, 7) is -0.00896. The smallest absolute Gasteiger partial charge is 0.325 e. The van der Waals surface area contributed by atoms with Gasteiger partial charge in [0.15, 0.2) is 0 Å². The quantitative estimate of drug-likeness (QED) is 0.182. The van der Waals surface area contributed by atoms with Crippen molar-refractivity contribution < 1.29 is 29.2 Å². The standard InChI is InChI=1S/C30H25N3O7/c1-2-3-17-32-27(34)24-25(28(32)35)30(29(36)37,18-19-9-13-21(14-10-19)33(38)39)31-26(24)20-11-15-23(16-12-20)40-22-7-5-4-6-8-22/h1,4-16,24-26,31H,3,17-18H2,(H,36,37). The molecular weight excluding hydrogens is 514 g/mol. The number of carbonyl (C=O) groups excluding carboxylic acids is 2. The lowest BCUT2D eigenvalue weighted by Crippen LogP contribution is -2.57. The molecular formula is C30H25N3O7. The van der Waals surface area contributed by atoms with E-state index in [2.05, 4.69) is 11.2 Å². The number of carbonyl (C=O) groups is 3. The molecule has 3 aromatic carbocycles. The number of fused-ring (bicyclic) bond motifs is 1. The highest BCUT2D eigenvalue weighted by molar-refractivity contribution is 6.09. The van der Waals surface area contributed by atoms with E-state index in [0.717, 1.165) is 4.90 Å². The average Bonchev–Trinajstić information content (AvgIpc) is 3.42. The molecule has 10 heteroatoms. The molecule has 3 aromatic rings. The van der Waals surface area contributed by atoms with Crippen LogP contribution in [0.1, 0.15) is 23.6 Å². The monoisotopic (exact) mass is 539 g/mol. The Kier molecular flexibility index (Phi) is 7.07. The number of hydrogen-bond acceptors (Lipinski definition) is 7. The van der Waals surface area contributed by atoms with E-state index in [1.807, 2.05) is 30.3 Å². The van der Waals surface area contributed by atoms with Crippen LogP contribution in [0.4, 0.5) is 5.69 Å². The number of benzene rings is 3. The minimum atomic E-state index is -1.84. The number of imide groups is 1. The zero-order chi connectivity index (χ0) is 28.4. The van der Waals surface area contributed by atoms with Gasteiger partial charge in [0.1, 0.15) is 17.0 Å². The predicted octanol–water partition coefficient (Wildman–Crippen LogP) is 3.72. The van der Waals surface area contributed by atoms with Crippen LogP contribution in [0.2, 0.25) is 0 Å². The molecule has 0 saturated carbocycles. The van der Waals surface area contributed by atoms with Crippen LogP contribution >= 0.6 is 0 Å². The highest BCUT2D eigenvalue weighted by Gasteiger charge is 2.68. The fourth-order valence-electron chi connectivity index (χ4n) is 5.61. The maximum absolute atomic E-state index is 13.6. The van der Waals surface area contributed by atoms with Crippen LogP contribution in [0.3, 0.4) is 0 Å². The fraction of sp³-hybridized carbons (Fsp3) is 0.233. The van der Waals surface area contributed by atoms with Crippen molar-refractivity contribution in [1.29, 1.82) is 0 Å². The number of para-hydroxylation sites is 1. The summed E-state index contributed by atoms with van der Waals surface area (Å²) in [4.78, 5) is 51.7. The third kappa shape index (κ3) is 4.67. The van der Waals surface area contributed by atoms with E-state index in [-0.39, 0.29) is 25.1 Å². The molecule has 2 fully saturated rings. The number of nitro groups is 1. The predicted molar refractivity (Wildman–Crippen MR) is 143 cm³/mol. The second kappa shape index (κ2) is 10.6. The van der Waals surface area contributed by atoms with E-state index in [1.165, 1.54) is 24.3 Å². The molecule has 4 atom stereocenters. The molecule has 2 heterocycles. The van der Waals surface area contributed by atoms with Gasteiger partial charge < -0.3 is 9.84 Å². The van der Waals surface area contributed by atoms with Gasteiger partial charge in [0.25, 0.3) is 5.69 Å². The lowest BCUT2D eigenvalue weighted by Gasteiger charge is -2.31. The molecule has 2 saturated heterocycles. The number of nitrogens with zero attached hydrogens (tertiary/aromatic N) is 2. The lowest BCUT2D eigenvalue weighted by atomic mass is 9.76. The number of hydrogen-bond donors (Lipinski definition) is 2. The van der Waals surface area contributed by atoms with Crippen molar-refractivity contribution in [2.75, 3.05) is 6.54 Å². The van der Waals surface area contributed by atoms with Gasteiger partial charge in [-0.3, -0.25) is 34.7 Å². The van der Waals surface area contributed by atoms with Crippen LogP contribution in [0, 0.1) is 34.3 Å². The minimum absolute atomic E-state index is 0.00896. The highest BCUT2D eigenvalue weighted by Crippen LogP contribution is 2.50. The minimum Gasteiger partial charge on any atom is -0.480 e. The number of aliphatic carboxylic acids is 1. The molecule has 2 amide bonds. The maximum atomic E-state index is 13.6. The number of non-ortho nitro benzene ring substituents is 1. The maximum Gasteiger partial charge on any atom is 0.325 e. The van der Waals surface area contributed by atoms with Crippen molar-refractivity contribution in [2.24, 2.45) is 11.8 Å². The molecule has 2 N–H and O–H groups in total. The van der Waals surface area contributed by atoms with Gasteiger partial charge in [-0.25, -0.2) is 0 Å². The Morgan fingerprint density at radius 3 is 2.27 bits per heavy atom. The summed E-state index contributed by atoms with van der Waals surface area (Å²) < 4.78 is 5.86. The Balaban J connectivity index is 1.52. The summed E-state index contributed by atoms with van der Waals surface area (Å²) in [6.07, 6.45) is 5.34. The van der Waals surface area contributed by atoms with Crippen molar-refractivity contribution in [3.05, 3.63) is 100 Å². The van der Waals surface area contributed by atoms with Crippen LogP contribution in [0.15, 0.2) is 78.9 Å². The van der Waals surface area contributed by atoms with Gasteiger partial charge in [-0.1, -0.05) is 42.5 Å². The first-order chi connectivity index (χ1) is 19.2. The molecule has 0 bridgehead atoms. The number of carboxylic acids is 1. The molecule has 0 aromatic heterocycles. The van der Waals surface area contributed by atoms with Crippen molar-refractivity contribution in [1.82, 2.24) is 10.2 Å². The van der Waals surface area contributed by atoms with Crippen LogP contribution in [-0.4, -0.2) is 44.8 Å². The fourth-order valence-corrected chi connectivity index (χ4v) is 5.61. The number of likely N-dealkylation sites (tertiary alicyclic amines) is 1. The Morgan fingerprint density at radius 1 is 1.02 bits per heavy atom. The largest absolute Gasteiger partial charge is 0.480 e. The molecule has 0 aliphatic carbocycles. The van der Waals surface area contributed by atoms with Crippen LogP contribution < -0.4 is 10.1 Å². The Bertz CT molecular complexity index is 1500. The van der Waals surface area contributed by atoms with Crippen molar-refractivity contribution >= 4 is 23.5 Å². The van der Waals surface area contributed by atoms with Crippen LogP contribution in [0.25, 0.3) is 0 Å². The molecule has 2 aliphatic rings. The average molecular weight is 540 g/mol. The summed E-state index contributed by atoms with van der Waals surface area (Å²) in [7, 11) is 0. The molecule has 5 rings (SSSR count). The summed E-state index contributed by atoms with van der Waals surface area (Å²) in [5.41, 5.74) is -0.910. The number of terminal acetylenes is 1. The number of nitrogens with one attached hydrogen (secondary N) is 1. The third-order valence-electron chi connectivity index (χ3n) is 7.46. The second-order valence-corrected chi connectivity index (χ2v) is 9.77. The first kappa shape index (κ1) is 26.6. The van der Waals surface area contributed by atoms with Gasteiger partial charge in [0.05, 0.1) is 16.8 Å².